The molecule has 1 aliphatic heterocycles. The highest BCUT2D eigenvalue weighted by Gasteiger charge is 2.07. The lowest BCUT2D eigenvalue weighted by atomic mass is 10.1. The second kappa shape index (κ2) is 2.88. The molecule has 1 aromatic heterocycles. The van der Waals surface area contributed by atoms with Gasteiger partial charge in [0.1, 0.15) is 0 Å². The summed E-state index contributed by atoms with van der Waals surface area (Å²) >= 11 is 0. The van der Waals surface area contributed by atoms with Crippen LogP contribution in [-0.4, -0.2) is 4.57 Å². The SMILES string of the molecule is C1=Cc2ccccc2-n2cccc2C1. The van der Waals surface area contributed by atoms with Gasteiger partial charge in [-0.05, 0) is 23.8 Å². The van der Waals surface area contributed by atoms with Crippen LogP contribution in [0, 0.1) is 0 Å². The van der Waals surface area contributed by atoms with E-state index < -0.39 is 0 Å². The molecule has 2 aromatic rings. The number of fused-ring (bicyclic) bond motifs is 3. The molecule has 0 unspecified atom stereocenters. The van der Waals surface area contributed by atoms with E-state index in [4.69, 9.17) is 0 Å². The normalized spacial score (nSPS) is 13.1. The van der Waals surface area contributed by atoms with Crippen LogP contribution in [0.1, 0.15) is 11.3 Å². The molecule has 0 amide bonds. The summed E-state index contributed by atoms with van der Waals surface area (Å²) < 4.78 is 2.26. The minimum atomic E-state index is 1.02. The Morgan fingerprint density at radius 1 is 1.00 bits per heavy atom. The van der Waals surface area contributed by atoms with Gasteiger partial charge in [-0.1, -0.05) is 30.4 Å². The summed E-state index contributed by atoms with van der Waals surface area (Å²) in [5.74, 6) is 0. The van der Waals surface area contributed by atoms with Crippen LogP contribution < -0.4 is 0 Å². The van der Waals surface area contributed by atoms with Gasteiger partial charge in [0, 0.05) is 18.3 Å². The van der Waals surface area contributed by atoms with E-state index in [2.05, 4.69) is 59.3 Å². The molecule has 0 fully saturated rings. The second-order valence-electron chi connectivity index (χ2n) is 3.53. The van der Waals surface area contributed by atoms with Gasteiger partial charge in [0.15, 0.2) is 0 Å². The number of nitrogens with zero attached hydrogens (tertiary/aromatic N) is 1. The third-order valence-electron chi connectivity index (χ3n) is 2.65. The molecule has 0 saturated carbocycles. The third kappa shape index (κ3) is 1.02. The summed E-state index contributed by atoms with van der Waals surface area (Å²) in [5, 5.41) is 0. The molecule has 0 spiro atoms. The van der Waals surface area contributed by atoms with Crippen molar-refractivity contribution in [1.82, 2.24) is 4.57 Å². The maximum absolute atomic E-state index is 2.26. The average Bonchev–Trinajstić information content (AvgIpc) is 2.61. The Labute approximate surface area is 83.3 Å². The predicted octanol–water partition coefficient (Wildman–Crippen LogP) is 3.05. The first-order valence-corrected chi connectivity index (χ1v) is 4.87. The molecule has 3 rings (SSSR count). The van der Waals surface area contributed by atoms with E-state index in [0.29, 0.717) is 0 Å². The maximum atomic E-state index is 2.26. The highest BCUT2D eigenvalue weighted by Crippen LogP contribution is 2.22. The number of rotatable bonds is 0. The molecule has 1 aromatic carbocycles. The van der Waals surface area contributed by atoms with E-state index >= 15 is 0 Å². The molecule has 0 aliphatic carbocycles. The number of benzene rings is 1. The van der Waals surface area contributed by atoms with Crippen molar-refractivity contribution in [2.45, 2.75) is 6.42 Å². The zero-order valence-corrected chi connectivity index (χ0v) is 7.85. The van der Waals surface area contributed by atoms with Gasteiger partial charge in [0.2, 0.25) is 0 Å². The van der Waals surface area contributed by atoms with Crippen molar-refractivity contribution >= 4 is 6.08 Å². The van der Waals surface area contributed by atoms with Crippen molar-refractivity contribution < 1.29 is 0 Å². The molecule has 14 heavy (non-hydrogen) atoms. The number of hydrogen-bond acceptors (Lipinski definition) is 0. The first-order chi connectivity index (χ1) is 6.95. The lowest BCUT2D eigenvalue weighted by Gasteiger charge is -2.08. The summed E-state index contributed by atoms with van der Waals surface area (Å²) in [6.07, 6.45) is 7.56. The van der Waals surface area contributed by atoms with Crippen LogP contribution in [0.3, 0.4) is 0 Å². The number of para-hydroxylation sites is 1. The van der Waals surface area contributed by atoms with Crippen LogP contribution >= 0.6 is 0 Å². The molecule has 1 heteroatoms. The van der Waals surface area contributed by atoms with Crippen LogP contribution in [-0.2, 0) is 6.42 Å². The molecule has 0 atom stereocenters. The molecule has 0 radical (unpaired) electrons. The van der Waals surface area contributed by atoms with E-state index in [1.807, 2.05) is 0 Å². The van der Waals surface area contributed by atoms with E-state index in [-0.39, 0.29) is 0 Å². The highest BCUT2D eigenvalue weighted by atomic mass is 15.0. The number of allylic oxidation sites excluding steroid dienone is 1. The van der Waals surface area contributed by atoms with Crippen LogP contribution in [0.15, 0.2) is 48.7 Å². The van der Waals surface area contributed by atoms with Gasteiger partial charge >= 0.3 is 0 Å². The van der Waals surface area contributed by atoms with Crippen molar-refractivity contribution in [2.24, 2.45) is 0 Å². The summed E-state index contributed by atoms with van der Waals surface area (Å²) in [7, 11) is 0. The van der Waals surface area contributed by atoms with Crippen molar-refractivity contribution in [3.63, 3.8) is 0 Å². The molecule has 68 valence electrons. The van der Waals surface area contributed by atoms with E-state index in [0.717, 1.165) is 6.42 Å². The summed E-state index contributed by atoms with van der Waals surface area (Å²) in [4.78, 5) is 0. The van der Waals surface area contributed by atoms with E-state index in [9.17, 15) is 0 Å². The summed E-state index contributed by atoms with van der Waals surface area (Å²) in [6, 6.07) is 12.8. The average molecular weight is 181 g/mol. The number of hydrogen-bond donors (Lipinski definition) is 0. The van der Waals surface area contributed by atoms with Crippen LogP contribution in [0.4, 0.5) is 0 Å². The second-order valence-corrected chi connectivity index (χ2v) is 3.53. The Bertz CT molecular complexity index is 491. The predicted molar refractivity (Wildman–Crippen MR) is 58.5 cm³/mol. The van der Waals surface area contributed by atoms with Crippen molar-refractivity contribution in [1.29, 1.82) is 0 Å². The lowest BCUT2D eigenvalue weighted by Crippen LogP contribution is -1.97. The van der Waals surface area contributed by atoms with Crippen LogP contribution in [0.2, 0.25) is 0 Å². The Hall–Kier alpha value is -1.76. The fraction of sp³-hybridized carbons (Fsp3) is 0.0769. The van der Waals surface area contributed by atoms with Gasteiger partial charge in [-0.15, -0.1) is 0 Å². The summed E-state index contributed by atoms with van der Waals surface area (Å²) in [5.41, 5.74) is 3.93. The molecular formula is C13H11N. The fourth-order valence-corrected chi connectivity index (χ4v) is 1.97. The van der Waals surface area contributed by atoms with Gasteiger partial charge in [0.25, 0.3) is 0 Å². The third-order valence-corrected chi connectivity index (χ3v) is 2.65. The molecular weight excluding hydrogens is 170 g/mol. The van der Waals surface area contributed by atoms with Crippen LogP contribution in [0.5, 0.6) is 0 Å². The lowest BCUT2D eigenvalue weighted by molar-refractivity contribution is 0.982. The number of aromatic nitrogens is 1. The first-order valence-electron chi connectivity index (χ1n) is 4.87. The zero-order chi connectivity index (χ0) is 9.38. The quantitative estimate of drug-likeness (QED) is 0.588. The summed E-state index contributed by atoms with van der Waals surface area (Å²) in [6.45, 7) is 0. The van der Waals surface area contributed by atoms with Gasteiger partial charge in [-0.3, -0.25) is 0 Å². The Morgan fingerprint density at radius 2 is 1.93 bits per heavy atom. The maximum Gasteiger partial charge on any atom is 0.0524 e. The topological polar surface area (TPSA) is 4.93 Å². The molecule has 2 heterocycles. The standard InChI is InChI=1S/C13H11N/c1-2-9-13-11(5-1)6-3-7-12-8-4-10-14(12)13/h1-6,8-10H,7H2. The molecule has 0 saturated heterocycles. The van der Waals surface area contributed by atoms with E-state index in [1.165, 1.54) is 16.9 Å². The Morgan fingerprint density at radius 3 is 2.93 bits per heavy atom. The largest absolute Gasteiger partial charge is 0.320 e. The Kier molecular flexibility index (Phi) is 1.57. The van der Waals surface area contributed by atoms with Crippen molar-refractivity contribution in [3.8, 4) is 5.69 Å². The van der Waals surface area contributed by atoms with Gasteiger partial charge < -0.3 is 4.57 Å². The van der Waals surface area contributed by atoms with E-state index in [1.54, 1.807) is 0 Å². The zero-order valence-electron chi connectivity index (χ0n) is 7.85. The first kappa shape index (κ1) is 7.63. The Balaban J connectivity index is 2.34. The van der Waals surface area contributed by atoms with Crippen molar-refractivity contribution in [2.75, 3.05) is 0 Å². The smallest absolute Gasteiger partial charge is 0.0524 e. The molecule has 0 N–H and O–H groups in total. The fourth-order valence-electron chi connectivity index (χ4n) is 1.97. The molecule has 0 bridgehead atoms. The van der Waals surface area contributed by atoms with Gasteiger partial charge in [-0.25, -0.2) is 0 Å². The molecule has 1 nitrogen and oxygen atoms in total. The van der Waals surface area contributed by atoms with Crippen molar-refractivity contribution in [3.05, 3.63) is 59.9 Å². The van der Waals surface area contributed by atoms with Gasteiger partial charge in [0.05, 0.1) is 5.69 Å². The van der Waals surface area contributed by atoms with Gasteiger partial charge in [-0.2, -0.15) is 0 Å². The monoisotopic (exact) mass is 181 g/mol. The molecule has 1 aliphatic rings. The minimum absolute atomic E-state index is 1.02. The minimum Gasteiger partial charge on any atom is -0.320 e. The highest BCUT2D eigenvalue weighted by molar-refractivity contribution is 5.62. The van der Waals surface area contributed by atoms with Crippen LogP contribution in [0.25, 0.3) is 11.8 Å².